The van der Waals surface area contributed by atoms with Crippen LogP contribution in [0.15, 0.2) is 23.0 Å². The molecule has 8 heteroatoms. The molecule has 170 valence electrons. The third-order valence-electron chi connectivity index (χ3n) is 7.13. The van der Waals surface area contributed by atoms with Gasteiger partial charge in [-0.25, -0.2) is 4.68 Å². The SMILES string of the molecule is Cc1ccc2cc([C@@H](c3nnnn3C[C@H]3CCCO3)N3CCC[C@H](C)C3)c(=O)[nH]c2c1C. The van der Waals surface area contributed by atoms with Gasteiger partial charge in [0.1, 0.15) is 6.04 Å². The second-order valence-corrected chi connectivity index (χ2v) is 9.52. The first-order valence-electron chi connectivity index (χ1n) is 11.8. The molecule has 2 aliphatic rings. The summed E-state index contributed by atoms with van der Waals surface area (Å²) in [5, 5.41) is 13.8. The van der Waals surface area contributed by atoms with Crippen LogP contribution in [0.1, 0.15) is 61.2 Å². The molecule has 5 rings (SSSR count). The lowest BCUT2D eigenvalue weighted by Gasteiger charge is -2.36. The fraction of sp³-hybridized carbons (Fsp3) is 0.583. The molecular weight excluding hydrogens is 404 g/mol. The summed E-state index contributed by atoms with van der Waals surface area (Å²) in [6.45, 7) is 9.64. The van der Waals surface area contributed by atoms with E-state index in [1.54, 1.807) is 0 Å². The summed E-state index contributed by atoms with van der Waals surface area (Å²) in [6, 6.07) is 5.95. The van der Waals surface area contributed by atoms with Gasteiger partial charge in [-0.1, -0.05) is 19.1 Å². The monoisotopic (exact) mass is 436 g/mol. The van der Waals surface area contributed by atoms with E-state index < -0.39 is 0 Å². The van der Waals surface area contributed by atoms with Crippen molar-refractivity contribution >= 4 is 10.9 Å². The number of ether oxygens (including phenoxy) is 1. The number of aromatic amines is 1. The van der Waals surface area contributed by atoms with E-state index in [-0.39, 0.29) is 17.7 Å². The highest BCUT2D eigenvalue weighted by Gasteiger charge is 2.33. The van der Waals surface area contributed by atoms with Gasteiger partial charge in [-0.05, 0) is 85.0 Å². The smallest absolute Gasteiger partial charge is 0.253 e. The molecule has 3 atom stereocenters. The van der Waals surface area contributed by atoms with Crippen LogP contribution in [0.4, 0.5) is 0 Å². The molecule has 0 saturated carbocycles. The number of hydrogen-bond donors (Lipinski definition) is 1. The average molecular weight is 437 g/mol. The topological polar surface area (TPSA) is 88.9 Å². The number of pyridine rings is 1. The molecule has 8 nitrogen and oxygen atoms in total. The maximum Gasteiger partial charge on any atom is 0.253 e. The van der Waals surface area contributed by atoms with E-state index in [9.17, 15) is 4.79 Å². The summed E-state index contributed by atoms with van der Waals surface area (Å²) in [5.74, 6) is 1.29. The number of fused-ring (bicyclic) bond motifs is 1. The molecular formula is C24H32N6O2. The van der Waals surface area contributed by atoms with Crippen molar-refractivity contribution in [1.82, 2.24) is 30.1 Å². The van der Waals surface area contributed by atoms with Crippen molar-refractivity contribution in [3.63, 3.8) is 0 Å². The van der Waals surface area contributed by atoms with Crippen LogP contribution in [-0.2, 0) is 11.3 Å². The van der Waals surface area contributed by atoms with Crippen molar-refractivity contribution in [3.05, 3.63) is 51.1 Å². The molecule has 2 aliphatic heterocycles. The highest BCUT2D eigenvalue weighted by molar-refractivity contribution is 5.83. The molecule has 0 unspecified atom stereocenters. The Morgan fingerprint density at radius 1 is 1.25 bits per heavy atom. The molecule has 0 amide bonds. The Morgan fingerprint density at radius 2 is 2.12 bits per heavy atom. The van der Waals surface area contributed by atoms with Gasteiger partial charge in [-0.15, -0.1) is 5.10 Å². The second kappa shape index (κ2) is 8.75. The van der Waals surface area contributed by atoms with Crippen molar-refractivity contribution in [2.45, 2.75) is 65.1 Å². The van der Waals surface area contributed by atoms with Crippen molar-refractivity contribution in [2.75, 3.05) is 19.7 Å². The fourth-order valence-corrected chi connectivity index (χ4v) is 5.22. The van der Waals surface area contributed by atoms with E-state index in [0.29, 0.717) is 18.0 Å². The number of benzene rings is 1. The minimum absolute atomic E-state index is 0.0684. The molecule has 3 aromatic rings. The van der Waals surface area contributed by atoms with E-state index in [4.69, 9.17) is 4.74 Å². The van der Waals surface area contributed by atoms with Crippen LogP contribution < -0.4 is 5.56 Å². The quantitative estimate of drug-likeness (QED) is 0.661. The molecule has 0 aliphatic carbocycles. The molecule has 2 saturated heterocycles. The first kappa shape index (κ1) is 21.3. The number of nitrogens with one attached hydrogen (secondary N) is 1. The van der Waals surface area contributed by atoms with Crippen molar-refractivity contribution in [1.29, 1.82) is 0 Å². The Bertz CT molecular complexity index is 1160. The van der Waals surface area contributed by atoms with Gasteiger partial charge in [0.2, 0.25) is 0 Å². The summed E-state index contributed by atoms with van der Waals surface area (Å²) in [7, 11) is 0. The van der Waals surface area contributed by atoms with Crippen molar-refractivity contribution < 1.29 is 4.74 Å². The van der Waals surface area contributed by atoms with E-state index in [2.05, 4.69) is 58.3 Å². The van der Waals surface area contributed by atoms with Crippen LogP contribution in [0, 0.1) is 19.8 Å². The first-order valence-corrected chi connectivity index (χ1v) is 11.8. The van der Waals surface area contributed by atoms with E-state index >= 15 is 0 Å². The largest absolute Gasteiger partial charge is 0.376 e. The zero-order valence-corrected chi connectivity index (χ0v) is 19.2. The predicted molar refractivity (Wildman–Crippen MR) is 123 cm³/mol. The van der Waals surface area contributed by atoms with Gasteiger partial charge in [0.25, 0.3) is 5.56 Å². The summed E-state index contributed by atoms with van der Waals surface area (Å²) in [4.78, 5) is 19.0. The number of nitrogens with zero attached hydrogens (tertiary/aromatic N) is 5. The standard InChI is InChI=1S/C24H32N6O2/c1-15-6-4-10-29(13-15)22(23-26-27-28-30(23)14-19-7-5-11-32-19)20-12-18-9-8-16(2)17(3)21(18)25-24(20)31/h8-9,12,15,19,22H,4-7,10-11,13-14H2,1-3H3,(H,25,31)/t15-,19+,22-/m0/s1. The second-order valence-electron chi connectivity index (χ2n) is 9.52. The number of hydrogen-bond acceptors (Lipinski definition) is 6. The van der Waals surface area contributed by atoms with Gasteiger partial charge in [0.15, 0.2) is 5.82 Å². The van der Waals surface area contributed by atoms with Gasteiger partial charge in [-0.3, -0.25) is 9.69 Å². The molecule has 32 heavy (non-hydrogen) atoms. The molecule has 2 aromatic heterocycles. The summed E-state index contributed by atoms with van der Waals surface area (Å²) >= 11 is 0. The number of piperidine rings is 1. The summed E-state index contributed by atoms with van der Waals surface area (Å²) < 4.78 is 7.69. The number of rotatable bonds is 5. The zero-order valence-electron chi connectivity index (χ0n) is 19.2. The molecule has 0 radical (unpaired) electrons. The van der Waals surface area contributed by atoms with E-state index in [0.717, 1.165) is 61.2 Å². The van der Waals surface area contributed by atoms with E-state index in [1.807, 2.05) is 10.7 Å². The van der Waals surface area contributed by atoms with Gasteiger partial charge in [-0.2, -0.15) is 0 Å². The van der Waals surface area contributed by atoms with Crippen LogP contribution in [-0.4, -0.2) is 55.9 Å². The van der Waals surface area contributed by atoms with Crippen LogP contribution in [0.25, 0.3) is 10.9 Å². The first-order chi connectivity index (χ1) is 15.5. The Hall–Kier alpha value is -2.58. The Kier molecular flexibility index (Phi) is 5.82. The Labute approximate surface area is 188 Å². The summed E-state index contributed by atoms with van der Waals surface area (Å²) in [5.41, 5.74) is 3.82. The van der Waals surface area contributed by atoms with Gasteiger partial charge in [0, 0.05) is 18.7 Å². The highest BCUT2D eigenvalue weighted by atomic mass is 16.5. The zero-order chi connectivity index (χ0) is 22.2. The molecule has 1 aromatic carbocycles. The number of aryl methyl sites for hydroxylation is 2. The normalized spacial score (nSPS) is 23.1. The van der Waals surface area contributed by atoms with Gasteiger partial charge < -0.3 is 9.72 Å². The van der Waals surface area contributed by atoms with Crippen LogP contribution in [0.2, 0.25) is 0 Å². The highest BCUT2D eigenvalue weighted by Crippen LogP contribution is 2.32. The Balaban J connectivity index is 1.62. The minimum Gasteiger partial charge on any atom is -0.376 e. The lowest BCUT2D eigenvalue weighted by Crippen LogP contribution is -2.41. The predicted octanol–water partition coefficient (Wildman–Crippen LogP) is 3.13. The number of tetrazole rings is 1. The number of likely N-dealkylation sites (tertiary alicyclic amines) is 1. The van der Waals surface area contributed by atoms with Crippen molar-refractivity contribution in [2.24, 2.45) is 5.92 Å². The third-order valence-corrected chi connectivity index (χ3v) is 7.13. The Morgan fingerprint density at radius 3 is 2.91 bits per heavy atom. The van der Waals surface area contributed by atoms with Crippen LogP contribution in [0.5, 0.6) is 0 Å². The lowest BCUT2D eigenvalue weighted by atomic mass is 9.95. The van der Waals surface area contributed by atoms with E-state index in [1.165, 1.54) is 12.0 Å². The van der Waals surface area contributed by atoms with Gasteiger partial charge >= 0.3 is 0 Å². The maximum atomic E-state index is 13.4. The minimum atomic E-state index is -0.288. The summed E-state index contributed by atoms with van der Waals surface area (Å²) in [6.07, 6.45) is 4.52. The molecule has 0 bridgehead atoms. The van der Waals surface area contributed by atoms with Crippen LogP contribution >= 0.6 is 0 Å². The number of aromatic nitrogens is 5. The maximum absolute atomic E-state index is 13.4. The lowest BCUT2D eigenvalue weighted by molar-refractivity contribution is 0.0889. The van der Waals surface area contributed by atoms with Crippen molar-refractivity contribution in [3.8, 4) is 0 Å². The van der Waals surface area contributed by atoms with Gasteiger partial charge in [0.05, 0.1) is 18.2 Å². The molecule has 2 fully saturated rings. The molecule has 1 N–H and O–H groups in total. The third kappa shape index (κ3) is 3.97. The van der Waals surface area contributed by atoms with Crippen LogP contribution in [0.3, 0.4) is 0 Å². The average Bonchev–Trinajstić information content (AvgIpc) is 3.45. The molecule has 4 heterocycles. The molecule has 0 spiro atoms. The number of H-pyrrole nitrogens is 1. The fourth-order valence-electron chi connectivity index (χ4n) is 5.22.